The van der Waals surface area contributed by atoms with Crippen molar-refractivity contribution in [3.8, 4) is 16.9 Å². The predicted octanol–water partition coefficient (Wildman–Crippen LogP) is 3.07. The minimum atomic E-state index is -0.258. The number of halogens is 1. The lowest BCUT2D eigenvalue weighted by atomic mass is 10.1. The average Bonchev–Trinajstić information content (AvgIpc) is 2.89. The second-order valence-electron chi connectivity index (χ2n) is 3.87. The second-order valence-corrected chi connectivity index (χ2v) is 3.87. The van der Waals surface area contributed by atoms with Gasteiger partial charge >= 0.3 is 0 Å². The maximum Gasteiger partial charge on any atom is 0.123 e. The maximum absolute atomic E-state index is 13.3. The van der Waals surface area contributed by atoms with Crippen LogP contribution >= 0.6 is 0 Å². The predicted molar refractivity (Wildman–Crippen MR) is 66.8 cm³/mol. The Kier molecular flexibility index (Phi) is 2.61. The summed E-state index contributed by atoms with van der Waals surface area (Å²) < 4.78 is 15.1. The van der Waals surface area contributed by atoms with E-state index < -0.39 is 0 Å². The zero-order valence-electron chi connectivity index (χ0n) is 9.49. The number of hydrogen-bond donors (Lipinski definition) is 0. The van der Waals surface area contributed by atoms with Crippen molar-refractivity contribution in [2.24, 2.45) is 0 Å². The normalized spacial score (nSPS) is 10.5. The van der Waals surface area contributed by atoms with E-state index in [-0.39, 0.29) is 5.82 Å². The summed E-state index contributed by atoms with van der Waals surface area (Å²) >= 11 is 0. The van der Waals surface area contributed by atoms with Crippen LogP contribution in [0.4, 0.5) is 4.39 Å². The van der Waals surface area contributed by atoms with Crippen molar-refractivity contribution in [3.05, 3.63) is 67.1 Å². The molecule has 0 amide bonds. The van der Waals surface area contributed by atoms with Gasteiger partial charge in [0.25, 0.3) is 0 Å². The highest BCUT2D eigenvalue weighted by molar-refractivity contribution is 5.61. The third kappa shape index (κ3) is 1.88. The molecule has 0 atom stereocenters. The second kappa shape index (κ2) is 4.41. The lowest BCUT2D eigenvalue weighted by Gasteiger charge is -2.07. The molecule has 88 valence electrons. The highest BCUT2D eigenvalue weighted by atomic mass is 19.1. The van der Waals surface area contributed by atoms with E-state index in [0.717, 1.165) is 16.9 Å². The summed E-state index contributed by atoms with van der Waals surface area (Å²) in [5.41, 5.74) is 2.52. The Bertz CT molecular complexity index is 662. The van der Waals surface area contributed by atoms with Crippen LogP contribution in [0, 0.1) is 5.82 Å². The van der Waals surface area contributed by atoms with Gasteiger partial charge in [-0.3, -0.25) is 9.55 Å². The van der Waals surface area contributed by atoms with Crippen molar-refractivity contribution in [3.63, 3.8) is 0 Å². The number of imidazole rings is 1. The number of aromatic nitrogens is 3. The standard InChI is InChI=1S/C14H10FN3/c15-12-4-1-3-11(7-12)14-9-17-10-18(14)13-5-2-6-16-8-13/h1-10H. The summed E-state index contributed by atoms with van der Waals surface area (Å²) in [6.45, 7) is 0. The van der Waals surface area contributed by atoms with Crippen LogP contribution in [-0.4, -0.2) is 14.5 Å². The van der Waals surface area contributed by atoms with Gasteiger partial charge in [0.15, 0.2) is 0 Å². The summed E-state index contributed by atoms with van der Waals surface area (Å²) in [5.74, 6) is -0.258. The van der Waals surface area contributed by atoms with E-state index in [2.05, 4.69) is 9.97 Å². The molecular formula is C14H10FN3. The van der Waals surface area contributed by atoms with Crippen LogP contribution in [0.3, 0.4) is 0 Å². The highest BCUT2D eigenvalue weighted by Crippen LogP contribution is 2.22. The lowest BCUT2D eigenvalue weighted by Crippen LogP contribution is -1.95. The lowest BCUT2D eigenvalue weighted by molar-refractivity contribution is 0.628. The van der Waals surface area contributed by atoms with E-state index in [1.54, 1.807) is 31.0 Å². The largest absolute Gasteiger partial charge is 0.297 e. The van der Waals surface area contributed by atoms with Gasteiger partial charge in [-0.05, 0) is 24.3 Å². The van der Waals surface area contributed by atoms with Crippen molar-refractivity contribution in [1.82, 2.24) is 14.5 Å². The van der Waals surface area contributed by atoms with E-state index in [1.807, 2.05) is 22.8 Å². The zero-order chi connectivity index (χ0) is 12.4. The number of nitrogens with zero attached hydrogens (tertiary/aromatic N) is 3. The number of benzene rings is 1. The Labute approximate surface area is 104 Å². The van der Waals surface area contributed by atoms with Crippen molar-refractivity contribution in [2.45, 2.75) is 0 Å². The summed E-state index contributed by atoms with van der Waals surface area (Å²) in [6.07, 6.45) is 6.85. The van der Waals surface area contributed by atoms with E-state index in [1.165, 1.54) is 12.1 Å². The van der Waals surface area contributed by atoms with Crippen molar-refractivity contribution in [2.75, 3.05) is 0 Å². The molecule has 0 aliphatic heterocycles. The van der Waals surface area contributed by atoms with Crippen molar-refractivity contribution in [1.29, 1.82) is 0 Å². The average molecular weight is 239 g/mol. The van der Waals surface area contributed by atoms with Crippen LogP contribution in [0.5, 0.6) is 0 Å². The fourth-order valence-electron chi connectivity index (χ4n) is 1.86. The maximum atomic E-state index is 13.3. The molecule has 4 heteroatoms. The molecule has 3 nitrogen and oxygen atoms in total. The molecule has 0 aliphatic carbocycles. The third-order valence-corrected chi connectivity index (χ3v) is 2.68. The van der Waals surface area contributed by atoms with E-state index in [4.69, 9.17) is 0 Å². The van der Waals surface area contributed by atoms with Crippen LogP contribution in [0.2, 0.25) is 0 Å². The molecule has 0 radical (unpaired) electrons. The third-order valence-electron chi connectivity index (χ3n) is 2.68. The molecule has 2 aromatic heterocycles. The zero-order valence-corrected chi connectivity index (χ0v) is 9.49. The highest BCUT2D eigenvalue weighted by Gasteiger charge is 2.07. The van der Waals surface area contributed by atoms with Crippen molar-refractivity contribution < 1.29 is 4.39 Å². The first-order valence-electron chi connectivity index (χ1n) is 5.53. The Morgan fingerprint density at radius 2 is 1.94 bits per heavy atom. The molecule has 0 saturated heterocycles. The fourth-order valence-corrected chi connectivity index (χ4v) is 1.86. The number of pyridine rings is 1. The van der Waals surface area contributed by atoms with Gasteiger partial charge in [-0.2, -0.15) is 0 Å². The van der Waals surface area contributed by atoms with Crippen LogP contribution in [0.1, 0.15) is 0 Å². The Morgan fingerprint density at radius 3 is 2.72 bits per heavy atom. The van der Waals surface area contributed by atoms with Crippen LogP contribution in [0.15, 0.2) is 61.3 Å². The smallest absolute Gasteiger partial charge is 0.123 e. The molecular weight excluding hydrogens is 229 g/mol. The molecule has 3 aromatic rings. The SMILES string of the molecule is Fc1cccc(-c2cncn2-c2cccnc2)c1. The summed E-state index contributed by atoms with van der Waals surface area (Å²) in [6, 6.07) is 10.2. The summed E-state index contributed by atoms with van der Waals surface area (Å²) in [7, 11) is 0. The van der Waals surface area contributed by atoms with E-state index in [9.17, 15) is 4.39 Å². The minimum absolute atomic E-state index is 0.258. The first-order chi connectivity index (χ1) is 8.84. The van der Waals surface area contributed by atoms with Crippen LogP contribution in [-0.2, 0) is 0 Å². The van der Waals surface area contributed by atoms with Gasteiger partial charge in [-0.15, -0.1) is 0 Å². The molecule has 0 fully saturated rings. The molecule has 0 bridgehead atoms. The van der Waals surface area contributed by atoms with Gasteiger partial charge in [0.1, 0.15) is 5.82 Å². The Hall–Kier alpha value is -2.49. The first kappa shape index (κ1) is 10.7. The minimum Gasteiger partial charge on any atom is -0.297 e. The topological polar surface area (TPSA) is 30.7 Å². The summed E-state index contributed by atoms with van der Waals surface area (Å²) in [5, 5.41) is 0. The quantitative estimate of drug-likeness (QED) is 0.688. The van der Waals surface area contributed by atoms with Crippen LogP contribution in [0.25, 0.3) is 16.9 Å². The molecule has 18 heavy (non-hydrogen) atoms. The number of rotatable bonds is 2. The molecule has 1 aromatic carbocycles. The molecule has 0 unspecified atom stereocenters. The molecule has 0 N–H and O–H groups in total. The molecule has 0 spiro atoms. The van der Waals surface area contributed by atoms with E-state index >= 15 is 0 Å². The van der Waals surface area contributed by atoms with Crippen molar-refractivity contribution >= 4 is 0 Å². The van der Waals surface area contributed by atoms with Gasteiger partial charge in [-0.1, -0.05) is 12.1 Å². The van der Waals surface area contributed by atoms with E-state index in [0.29, 0.717) is 0 Å². The number of hydrogen-bond acceptors (Lipinski definition) is 2. The van der Waals surface area contributed by atoms with Gasteiger partial charge < -0.3 is 0 Å². The fraction of sp³-hybridized carbons (Fsp3) is 0. The van der Waals surface area contributed by atoms with Gasteiger partial charge in [0.05, 0.1) is 30.1 Å². The van der Waals surface area contributed by atoms with Gasteiger partial charge in [-0.25, -0.2) is 9.37 Å². The summed E-state index contributed by atoms with van der Waals surface area (Å²) in [4.78, 5) is 8.19. The molecule has 0 aliphatic rings. The molecule has 0 saturated carbocycles. The Balaban J connectivity index is 2.13. The van der Waals surface area contributed by atoms with Crippen LogP contribution < -0.4 is 0 Å². The first-order valence-corrected chi connectivity index (χ1v) is 5.53. The monoisotopic (exact) mass is 239 g/mol. The Morgan fingerprint density at radius 1 is 1.00 bits per heavy atom. The molecule has 3 rings (SSSR count). The van der Waals surface area contributed by atoms with Gasteiger partial charge in [0.2, 0.25) is 0 Å². The van der Waals surface area contributed by atoms with Gasteiger partial charge in [0, 0.05) is 11.8 Å². The molecule has 2 heterocycles.